The van der Waals surface area contributed by atoms with Gasteiger partial charge >= 0.3 is 12.1 Å². The average molecular weight is 425 g/mol. The lowest BCUT2D eigenvalue weighted by Gasteiger charge is -2.18. The van der Waals surface area contributed by atoms with E-state index in [1.54, 1.807) is 19.1 Å². The third-order valence-corrected chi connectivity index (χ3v) is 6.14. The SMILES string of the molecule is CCOC(=O)C(c1cn(S(=O)(=O)c2ccc(C)cc2)c2ccccc12)C(F)(F)F. The maximum Gasteiger partial charge on any atom is 0.406 e. The number of carbonyl (C=O) groups is 1. The van der Waals surface area contributed by atoms with Crippen LogP contribution in [0, 0.1) is 6.92 Å². The van der Waals surface area contributed by atoms with Gasteiger partial charge in [-0.15, -0.1) is 0 Å². The van der Waals surface area contributed by atoms with Gasteiger partial charge < -0.3 is 4.74 Å². The highest BCUT2D eigenvalue weighted by Gasteiger charge is 2.48. The molecule has 1 aromatic heterocycles. The minimum atomic E-state index is -4.95. The molecule has 0 aliphatic carbocycles. The summed E-state index contributed by atoms with van der Waals surface area (Å²) >= 11 is 0. The fourth-order valence-electron chi connectivity index (χ4n) is 3.09. The number of benzene rings is 2. The van der Waals surface area contributed by atoms with Crippen molar-refractivity contribution in [2.75, 3.05) is 6.61 Å². The highest BCUT2D eigenvalue weighted by molar-refractivity contribution is 7.90. The molecule has 0 N–H and O–H groups in total. The Morgan fingerprint density at radius 2 is 1.72 bits per heavy atom. The number of rotatable bonds is 5. The molecule has 0 saturated heterocycles. The molecule has 0 radical (unpaired) electrons. The van der Waals surface area contributed by atoms with Gasteiger partial charge in [-0.1, -0.05) is 35.9 Å². The molecule has 0 bridgehead atoms. The summed E-state index contributed by atoms with van der Waals surface area (Å²) in [7, 11) is -4.18. The highest BCUT2D eigenvalue weighted by atomic mass is 32.2. The first-order chi connectivity index (χ1) is 13.6. The summed E-state index contributed by atoms with van der Waals surface area (Å²) in [5.41, 5.74) is 0.408. The van der Waals surface area contributed by atoms with Crippen molar-refractivity contribution >= 4 is 26.9 Å². The molecule has 1 atom stereocenters. The lowest BCUT2D eigenvalue weighted by molar-refractivity contribution is -0.180. The monoisotopic (exact) mass is 425 g/mol. The molecule has 3 rings (SSSR count). The van der Waals surface area contributed by atoms with Gasteiger partial charge in [-0.25, -0.2) is 12.4 Å². The van der Waals surface area contributed by atoms with Gasteiger partial charge in [-0.2, -0.15) is 13.2 Å². The topological polar surface area (TPSA) is 65.4 Å². The largest absolute Gasteiger partial charge is 0.465 e. The maximum atomic E-state index is 13.7. The fourth-order valence-corrected chi connectivity index (χ4v) is 4.47. The Morgan fingerprint density at radius 3 is 2.31 bits per heavy atom. The number of fused-ring (bicyclic) bond motifs is 1. The van der Waals surface area contributed by atoms with Gasteiger partial charge in [0.05, 0.1) is 17.0 Å². The smallest absolute Gasteiger partial charge is 0.406 e. The van der Waals surface area contributed by atoms with Crippen molar-refractivity contribution in [2.45, 2.75) is 30.8 Å². The Kier molecular flexibility index (Phi) is 5.44. The number of hydrogen-bond donors (Lipinski definition) is 0. The van der Waals surface area contributed by atoms with Crippen LogP contribution in [0.4, 0.5) is 13.2 Å². The molecular formula is C20H18F3NO4S. The molecule has 9 heteroatoms. The van der Waals surface area contributed by atoms with Crippen molar-refractivity contribution in [3.05, 3.63) is 65.9 Å². The maximum absolute atomic E-state index is 13.7. The van der Waals surface area contributed by atoms with Crippen molar-refractivity contribution in [3.63, 3.8) is 0 Å². The van der Waals surface area contributed by atoms with Crippen LogP contribution in [0.5, 0.6) is 0 Å². The lowest BCUT2D eigenvalue weighted by Crippen LogP contribution is -2.30. The Bertz CT molecular complexity index is 1150. The molecule has 1 unspecified atom stereocenters. The van der Waals surface area contributed by atoms with E-state index in [4.69, 9.17) is 0 Å². The van der Waals surface area contributed by atoms with Gasteiger partial charge in [0, 0.05) is 17.1 Å². The van der Waals surface area contributed by atoms with Crippen molar-refractivity contribution in [1.29, 1.82) is 0 Å². The molecule has 5 nitrogen and oxygen atoms in total. The van der Waals surface area contributed by atoms with Crippen LogP contribution in [0.15, 0.2) is 59.6 Å². The van der Waals surface area contributed by atoms with Crippen LogP contribution in [0.3, 0.4) is 0 Å². The summed E-state index contributed by atoms with van der Waals surface area (Å²) in [6.45, 7) is 2.95. The third kappa shape index (κ3) is 3.87. The molecule has 0 spiro atoms. The lowest BCUT2D eigenvalue weighted by atomic mass is 9.98. The molecule has 154 valence electrons. The van der Waals surface area contributed by atoms with E-state index in [0.29, 0.717) is 0 Å². The molecule has 3 aromatic rings. The van der Waals surface area contributed by atoms with E-state index >= 15 is 0 Å². The predicted molar refractivity (Wildman–Crippen MR) is 101 cm³/mol. The average Bonchev–Trinajstić information content (AvgIpc) is 3.01. The number of para-hydroxylation sites is 1. The number of halogens is 3. The van der Waals surface area contributed by atoms with E-state index in [9.17, 15) is 26.4 Å². The van der Waals surface area contributed by atoms with Gasteiger partial charge in [-0.05, 0) is 32.0 Å². The fraction of sp³-hybridized carbons (Fsp3) is 0.250. The number of nitrogens with zero attached hydrogens (tertiary/aromatic N) is 1. The molecule has 0 aliphatic rings. The quantitative estimate of drug-likeness (QED) is 0.569. The number of aromatic nitrogens is 1. The van der Waals surface area contributed by atoms with Crippen LogP contribution in [0.1, 0.15) is 24.0 Å². The second-order valence-corrected chi connectivity index (χ2v) is 8.26. The summed E-state index contributed by atoms with van der Waals surface area (Å²) in [6, 6.07) is 11.7. The summed E-state index contributed by atoms with van der Waals surface area (Å²) < 4.78 is 72.8. The minimum Gasteiger partial charge on any atom is -0.465 e. The van der Waals surface area contributed by atoms with Crippen molar-refractivity contribution in [3.8, 4) is 0 Å². The van der Waals surface area contributed by atoms with Crippen molar-refractivity contribution in [2.24, 2.45) is 0 Å². The third-order valence-electron chi connectivity index (χ3n) is 4.45. The Morgan fingerprint density at radius 1 is 1.10 bits per heavy atom. The second-order valence-electron chi connectivity index (χ2n) is 6.44. The molecule has 0 aliphatic heterocycles. The Balaban J connectivity index is 2.27. The van der Waals surface area contributed by atoms with Crippen molar-refractivity contribution < 1.29 is 31.1 Å². The zero-order chi connectivity index (χ0) is 21.4. The van der Waals surface area contributed by atoms with Crippen LogP contribution in [0.25, 0.3) is 10.9 Å². The first kappa shape index (κ1) is 20.9. The summed E-state index contributed by atoms with van der Waals surface area (Å²) in [5.74, 6) is -4.07. The first-order valence-electron chi connectivity index (χ1n) is 8.73. The van der Waals surface area contributed by atoms with E-state index in [0.717, 1.165) is 15.7 Å². The Hall–Kier alpha value is -2.81. The number of hydrogen-bond acceptors (Lipinski definition) is 4. The van der Waals surface area contributed by atoms with E-state index in [-0.39, 0.29) is 22.4 Å². The van der Waals surface area contributed by atoms with Gasteiger partial charge in [0.2, 0.25) is 0 Å². The van der Waals surface area contributed by atoms with Crippen LogP contribution in [-0.4, -0.2) is 31.1 Å². The van der Waals surface area contributed by atoms with E-state index in [2.05, 4.69) is 4.74 Å². The Labute approximate surface area is 165 Å². The standard InChI is InChI=1S/C20H18F3NO4S/c1-3-28-19(25)18(20(21,22)23)16-12-24(17-7-5-4-6-15(16)17)29(26,27)14-10-8-13(2)9-11-14/h4-12,18H,3H2,1-2H3. The zero-order valence-electron chi connectivity index (χ0n) is 15.6. The molecule has 2 aromatic carbocycles. The van der Waals surface area contributed by atoms with Crippen LogP contribution in [0.2, 0.25) is 0 Å². The van der Waals surface area contributed by atoms with Crippen molar-refractivity contribution in [1.82, 2.24) is 3.97 Å². The van der Waals surface area contributed by atoms with Gasteiger partial charge in [0.25, 0.3) is 10.0 Å². The number of alkyl halides is 3. The van der Waals surface area contributed by atoms with E-state index < -0.39 is 33.7 Å². The number of ether oxygens (including phenoxy) is 1. The van der Waals surface area contributed by atoms with Gasteiger partial charge in [-0.3, -0.25) is 4.79 Å². The first-order valence-corrected chi connectivity index (χ1v) is 10.2. The molecule has 0 saturated carbocycles. The molecular weight excluding hydrogens is 407 g/mol. The summed E-state index contributed by atoms with van der Waals surface area (Å²) in [5, 5.41) is 0.0126. The summed E-state index contributed by atoms with van der Waals surface area (Å²) in [4.78, 5) is 12.0. The van der Waals surface area contributed by atoms with E-state index in [1.165, 1.54) is 43.3 Å². The van der Waals surface area contributed by atoms with Crippen LogP contribution < -0.4 is 0 Å². The molecule has 29 heavy (non-hydrogen) atoms. The molecule has 0 fully saturated rings. The van der Waals surface area contributed by atoms with E-state index in [1.807, 2.05) is 0 Å². The number of aryl methyl sites for hydroxylation is 1. The van der Waals surface area contributed by atoms with Gasteiger partial charge in [0.15, 0.2) is 5.92 Å². The second kappa shape index (κ2) is 7.55. The minimum absolute atomic E-state index is 0.0126. The predicted octanol–water partition coefficient (Wildman–Crippen LogP) is 4.40. The highest BCUT2D eigenvalue weighted by Crippen LogP contribution is 2.40. The molecule has 0 amide bonds. The van der Waals surface area contributed by atoms with Crippen LogP contribution in [-0.2, 0) is 19.6 Å². The number of esters is 1. The van der Waals surface area contributed by atoms with Gasteiger partial charge in [0.1, 0.15) is 0 Å². The molecule has 1 heterocycles. The van der Waals surface area contributed by atoms with Crippen LogP contribution >= 0.6 is 0 Å². The zero-order valence-corrected chi connectivity index (χ0v) is 16.4. The number of carbonyl (C=O) groups excluding carboxylic acids is 1. The summed E-state index contributed by atoms with van der Waals surface area (Å²) in [6.07, 6.45) is -4.09. The normalized spacial score (nSPS) is 13.4.